The van der Waals surface area contributed by atoms with E-state index in [2.05, 4.69) is 25.7 Å². The minimum atomic E-state index is -0.474. The molecule has 2 rings (SSSR count). The molecule has 0 aliphatic rings. The molecule has 1 N–H and O–H groups in total. The molecule has 0 spiro atoms. The lowest BCUT2D eigenvalue weighted by atomic mass is 10.2. The predicted octanol–water partition coefficient (Wildman–Crippen LogP) is 2.86. The first-order valence-corrected chi connectivity index (χ1v) is 4.98. The number of fused-ring (bicyclic) bond motifs is 1. The van der Waals surface area contributed by atoms with E-state index in [1.165, 1.54) is 13.2 Å². The van der Waals surface area contributed by atoms with Crippen LogP contribution in [-0.2, 0) is 4.74 Å². The molecule has 5 heteroatoms. The third-order valence-corrected chi connectivity index (χ3v) is 2.90. The lowest BCUT2D eigenvalue weighted by Crippen LogP contribution is -2.00. The Morgan fingerprint density at radius 2 is 2.27 bits per heavy atom. The normalized spacial score (nSPS) is 10.6. The van der Waals surface area contributed by atoms with E-state index < -0.39 is 5.97 Å². The van der Waals surface area contributed by atoms with Crippen molar-refractivity contribution in [1.82, 2.24) is 4.98 Å². The van der Waals surface area contributed by atoms with Gasteiger partial charge in [0.25, 0.3) is 0 Å². The number of carbonyl (C=O) groups excluding carboxylic acids is 1. The van der Waals surface area contributed by atoms with Crippen LogP contribution in [0.15, 0.2) is 22.7 Å². The second-order valence-electron chi connectivity index (χ2n) is 3.00. The van der Waals surface area contributed by atoms with Crippen molar-refractivity contribution in [3.63, 3.8) is 0 Å². The quantitative estimate of drug-likeness (QED) is 0.811. The Morgan fingerprint density at radius 3 is 2.93 bits per heavy atom. The molecule has 0 saturated carbocycles. The van der Waals surface area contributed by atoms with Gasteiger partial charge in [-0.3, -0.25) is 0 Å². The summed E-state index contributed by atoms with van der Waals surface area (Å²) in [5.74, 6) is -0.837. The molecule has 0 bridgehead atoms. The Morgan fingerprint density at radius 1 is 1.53 bits per heavy atom. The molecule has 3 nitrogen and oxygen atoms in total. The lowest BCUT2D eigenvalue weighted by molar-refractivity contribution is 0.0595. The minimum Gasteiger partial charge on any atom is -0.464 e. The van der Waals surface area contributed by atoms with E-state index >= 15 is 0 Å². The number of aromatic amines is 1. The summed E-state index contributed by atoms with van der Waals surface area (Å²) in [5, 5.41) is 0.621. The average molecular weight is 272 g/mol. The number of hydrogen-bond donors (Lipinski definition) is 1. The molecular weight excluding hydrogens is 265 g/mol. The Balaban J connectivity index is 2.66. The monoisotopic (exact) mass is 271 g/mol. The van der Waals surface area contributed by atoms with Crippen LogP contribution in [0, 0.1) is 5.82 Å². The van der Waals surface area contributed by atoms with Gasteiger partial charge in [-0.1, -0.05) is 0 Å². The summed E-state index contributed by atoms with van der Waals surface area (Å²) in [7, 11) is 1.30. The second-order valence-corrected chi connectivity index (χ2v) is 3.79. The van der Waals surface area contributed by atoms with Crippen LogP contribution >= 0.6 is 15.9 Å². The molecule has 1 aromatic heterocycles. The summed E-state index contributed by atoms with van der Waals surface area (Å²) in [6.45, 7) is 0. The zero-order valence-corrected chi connectivity index (χ0v) is 9.39. The van der Waals surface area contributed by atoms with E-state index in [-0.39, 0.29) is 5.82 Å². The standard InChI is InChI=1S/C10H7BrFNO2/c1-15-10(14)8-4-5-7(13-8)3-2-6(12)9(5)11/h2-4,13H,1H3. The van der Waals surface area contributed by atoms with Crippen LogP contribution in [0.4, 0.5) is 4.39 Å². The predicted molar refractivity (Wildman–Crippen MR) is 57.3 cm³/mol. The molecule has 0 fully saturated rings. The van der Waals surface area contributed by atoms with Gasteiger partial charge < -0.3 is 9.72 Å². The number of methoxy groups -OCH3 is 1. The minimum absolute atomic E-state index is 0.304. The molecule has 0 unspecified atom stereocenters. The molecule has 0 saturated heterocycles. The summed E-state index contributed by atoms with van der Waals surface area (Å²) in [4.78, 5) is 14.1. The Hall–Kier alpha value is -1.36. The van der Waals surface area contributed by atoms with E-state index in [9.17, 15) is 9.18 Å². The number of hydrogen-bond acceptors (Lipinski definition) is 2. The molecular formula is C10H7BrFNO2. The van der Waals surface area contributed by atoms with E-state index in [0.29, 0.717) is 21.1 Å². The zero-order chi connectivity index (χ0) is 11.0. The van der Waals surface area contributed by atoms with Crippen LogP contribution in [0.3, 0.4) is 0 Å². The van der Waals surface area contributed by atoms with Crippen LogP contribution in [0.25, 0.3) is 10.9 Å². The van der Waals surface area contributed by atoms with Gasteiger partial charge in [0.05, 0.1) is 11.6 Å². The number of benzene rings is 1. The van der Waals surface area contributed by atoms with Crippen molar-refractivity contribution < 1.29 is 13.9 Å². The van der Waals surface area contributed by atoms with Crippen molar-refractivity contribution in [3.05, 3.63) is 34.2 Å². The molecule has 2 aromatic rings. The van der Waals surface area contributed by atoms with Crippen molar-refractivity contribution in [3.8, 4) is 0 Å². The average Bonchev–Trinajstić information content (AvgIpc) is 2.67. The fourth-order valence-corrected chi connectivity index (χ4v) is 1.82. The lowest BCUT2D eigenvalue weighted by Gasteiger charge is -1.94. The van der Waals surface area contributed by atoms with Crippen molar-refractivity contribution in [2.24, 2.45) is 0 Å². The SMILES string of the molecule is COC(=O)c1cc2c(Br)c(F)ccc2[nH]1. The van der Waals surface area contributed by atoms with Gasteiger partial charge in [0, 0.05) is 10.9 Å². The van der Waals surface area contributed by atoms with Gasteiger partial charge in [0.15, 0.2) is 0 Å². The molecule has 1 heterocycles. The topological polar surface area (TPSA) is 42.1 Å². The van der Waals surface area contributed by atoms with Gasteiger partial charge in [-0.15, -0.1) is 0 Å². The maximum atomic E-state index is 13.2. The molecule has 0 amide bonds. The highest BCUT2D eigenvalue weighted by Crippen LogP contribution is 2.27. The molecule has 0 aliphatic carbocycles. The molecule has 0 aliphatic heterocycles. The van der Waals surface area contributed by atoms with Crippen LogP contribution in [0.1, 0.15) is 10.5 Å². The van der Waals surface area contributed by atoms with E-state index in [0.717, 1.165) is 0 Å². The first-order chi connectivity index (χ1) is 7.13. The molecule has 0 atom stereocenters. The second kappa shape index (κ2) is 3.66. The first-order valence-electron chi connectivity index (χ1n) is 4.18. The maximum absolute atomic E-state index is 13.2. The summed E-state index contributed by atoms with van der Waals surface area (Å²) in [6, 6.07) is 4.44. The highest BCUT2D eigenvalue weighted by atomic mass is 79.9. The van der Waals surface area contributed by atoms with Crippen molar-refractivity contribution in [2.45, 2.75) is 0 Å². The van der Waals surface area contributed by atoms with Gasteiger partial charge in [0.1, 0.15) is 11.5 Å². The van der Waals surface area contributed by atoms with E-state index in [4.69, 9.17) is 0 Å². The Bertz CT molecular complexity index is 535. The first kappa shape index (κ1) is 10.2. The number of carbonyl (C=O) groups is 1. The number of ether oxygens (including phenoxy) is 1. The number of rotatable bonds is 1. The molecule has 78 valence electrons. The van der Waals surface area contributed by atoms with E-state index in [1.54, 1.807) is 12.1 Å². The number of H-pyrrole nitrogens is 1. The van der Waals surface area contributed by atoms with Gasteiger partial charge in [-0.25, -0.2) is 9.18 Å². The Labute approximate surface area is 93.4 Å². The molecule has 15 heavy (non-hydrogen) atoms. The summed E-state index contributed by atoms with van der Waals surface area (Å²) in [6.07, 6.45) is 0. The smallest absolute Gasteiger partial charge is 0.354 e. The third-order valence-electron chi connectivity index (χ3n) is 2.10. The summed E-state index contributed by atoms with van der Waals surface area (Å²) in [5.41, 5.74) is 0.988. The largest absolute Gasteiger partial charge is 0.464 e. The van der Waals surface area contributed by atoms with Crippen LogP contribution in [0.2, 0.25) is 0 Å². The van der Waals surface area contributed by atoms with E-state index in [1.807, 2.05) is 0 Å². The fraction of sp³-hybridized carbons (Fsp3) is 0.100. The maximum Gasteiger partial charge on any atom is 0.354 e. The van der Waals surface area contributed by atoms with Crippen molar-refractivity contribution in [2.75, 3.05) is 7.11 Å². The summed E-state index contributed by atoms with van der Waals surface area (Å²) >= 11 is 3.12. The number of halogens is 2. The Kier molecular flexibility index (Phi) is 2.48. The highest BCUT2D eigenvalue weighted by Gasteiger charge is 2.12. The number of nitrogens with one attached hydrogen (secondary N) is 1. The van der Waals surface area contributed by atoms with Crippen molar-refractivity contribution in [1.29, 1.82) is 0 Å². The number of esters is 1. The van der Waals surface area contributed by atoms with Gasteiger partial charge >= 0.3 is 5.97 Å². The van der Waals surface area contributed by atoms with Crippen molar-refractivity contribution >= 4 is 32.8 Å². The summed E-state index contributed by atoms with van der Waals surface area (Å²) < 4.78 is 18.1. The van der Waals surface area contributed by atoms with Gasteiger partial charge in [-0.05, 0) is 34.1 Å². The molecule has 0 radical (unpaired) electrons. The van der Waals surface area contributed by atoms with Gasteiger partial charge in [0.2, 0.25) is 0 Å². The third kappa shape index (κ3) is 1.63. The number of aromatic nitrogens is 1. The van der Waals surface area contributed by atoms with Crippen LogP contribution < -0.4 is 0 Å². The van der Waals surface area contributed by atoms with Crippen LogP contribution in [0.5, 0.6) is 0 Å². The fourth-order valence-electron chi connectivity index (χ4n) is 1.36. The molecule has 1 aromatic carbocycles. The van der Waals surface area contributed by atoms with Crippen LogP contribution in [-0.4, -0.2) is 18.1 Å². The highest BCUT2D eigenvalue weighted by molar-refractivity contribution is 9.10. The zero-order valence-electron chi connectivity index (χ0n) is 7.80. The van der Waals surface area contributed by atoms with Gasteiger partial charge in [-0.2, -0.15) is 0 Å².